The summed E-state index contributed by atoms with van der Waals surface area (Å²) in [5, 5.41) is 4.04. The van der Waals surface area contributed by atoms with Crippen molar-refractivity contribution in [1.29, 1.82) is 0 Å². The number of halogens is 1. The normalized spacial score (nSPS) is 20.1. The first-order valence-electron chi connectivity index (χ1n) is 7.32. The van der Waals surface area contributed by atoms with Gasteiger partial charge in [-0.25, -0.2) is 9.97 Å². The van der Waals surface area contributed by atoms with Gasteiger partial charge in [-0.05, 0) is 19.8 Å². The van der Waals surface area contributed by atoms with E-state index < -0.39 is 0 Å². The number of nitrogens with zero attached hydrogens (tertiary/aromatic N) is 3. The summed E-state index contributed by atoms with van der Waals surface area (Å²) in [5.74, 6) is 4.87. The van der Waals surface area contributed by atoms with Gasteiger partial charge in [0.25, 0.3) is 0 Å². The number of anilines is 1. The second-order valence-electron chi connectivity index (χ2n) is 5.50. The van der Waals surface area contributed by atoms with Crippen LogP contribution < -0.4 is 5.32 Å². The summed E-state index contributed by atoms with van der Waals surface area (Å²) >= 11 is 8.26. The van der Waals surface area contributed by atoms with E-state index in [4.69, 9.17) is 11.6 Å². The number of hydrogen-bond acceptors (Lipinski definition) is 5. The number of nitrogens with one attached hydrogen (secondary N) is 1. The van der Waals surface area contributed by atoms with Gasteiger partial charge in [-0.15, -0.1) is 0 Å². The number of rotatable bonds is 5. The van der Waals surface area contributed by atoms with Crippen molar-refractivity contribution in [3.05, 3.63) is 16.5 Å². The van der Waals surface area contributed by atoms with Crippen molar-refractivity contribution in [2.45, 2.75) is 25.7 Å². The van der Waals surface area contributed by atoms with Gasteiger partial charge < -0.3 is 5.32 Å². The van der Waals surface area contributed by atoms with E-state index >= 15 is 0 Å². The van der Waals surface area contributed by atoms with Crippen LogP contribution in [0.3, 0.4) is 0 Å². The molecule has 0 unspecified atom stereocenters. The second-order valence-corrected chi connectivity index (χ2v) is 7.08. The summed E-state index contributed by atoms with van der Waals surface area (Å²) < 4.78 is 0. The molecule has 1 saturated carbocycles. The maximum Gasteiger partial charge on any atom is 0.137 e. The van der Waals surface area contributed by atoms with Crippen LogP contribution in [0.1, 0.15) is 30.1 Å². The van der Waals surface area contributed by atoms with Crippen LogP contribution in [0.4, 0.5) is 5.82 Å². The van der Waals surface area contributed by atoms with Gasteiger partial charge in [-0.1, -0.05) is 11.6 Å². The summed E-state index contributed by atoms with van der Waals surface area (Å²) in [5.41, 5.74) is 0.963. The smallest absolute Gasteiger partial charge is 0.137 e. The van der Waals surface area contributed by atoms with E-state index in [0.29, 0.717) is 11.1 Å². The first-order chi connectivity index (χ1) is 9.74. The predicted octanol–water partition coefficient (Wildman–Crippen LogP) is 2.78. The molecule has 0 atom stereocenters. The van der Waals surface area contributed by atoms with E-state index in [9.17, 15) is 0 Å². The molecular weight excluding hydrogens is 292 g/mol. The molecule has 2 aliphatic rings. The van der Waals surface area contributed by atoms with Crippen molar-refractivity contribution in [3.63, 3.8) is 0 Å². The molecule has 0 spiro atoms. The molecule has 0 aromatic carbocycles. The van der Waals surface area contributed by atoms with Crippen LogP contribution in [-0.2, 0) is 0 Å². The zero-order valence-corrected chi connectivity index (χ0v) is 13.4. The molecule has 0 radical (unpaired) electrons. The third-order valence-electron chi connectivity index (χ3n) is 3.87. The third kappa shape index (κ3) is 3.57. The first-order valence-corrected chi connectivity index (χ1v) is 8.85. The van der Waals surface area contributed by atoms with E-state index in [-0.39, 0.29) is 0 Å². The second kappa shape index (κ2) is 6.50. The van der Waals surface area contributed by atoms with Crippen molar-refractivity contribution in [1.82, 2.24) is 14.9 Å². The van der Waals surface area contributed by atoms with Gasteiger partial charge in [-0.3, -0.25) is 4.90 Å². The molecule has 2 heterocycles. The molecule has 4 nitrogen and oxygen atoms in total. The van der Waals surface area contributed by atoms with E-state index in [1.165, 1.54) is 37.4 Å². The molecule has 0 amide bonds. The van der Waals surface area contributed by atoms with Crippen LogP contribution in [0, 0.1) is 6.92 Å². The molecule has 6 heteroatoms. The molecular formula is C14H21ClN4S. The van der Waals surface area contributed by atoms with E-state index in [1.54, 1.807) is 0 Å². The average Bonchev–Trinajstić information content (AvgIpc) is 3.29. The molecule has 1 aliphatic carbocycles. The van der Waals surface area contributed by atoms with Gasteiger partial charge in [0.1, 0.15) is 16.8 Å². The fourth-order valence-electron chi connectivity index (χ4n) is 2.36. The molecule has 20 heavy (non-hydrogen) atoms. The van der Waals surface area contributed by atoms with Gasteiger partial charge >= 0.3 is 0 Å². The maximum absolute atomic E-state index is 6.21. The lowest BCUT2D eigenvalue weighted by atomic mass is 10.3. The largest absolute Gasteiger partial charge is 0.368 e. The summed E-state index contributed by atoms with van der Waals surface area (Å²) in [7, 11) is 0. The van der Waals surface area contributed by atoms with E-state index in [1.807, 2.05) is 18.7 Å². The zero-order chi connectivity index (χ0) is 13.9. The summed E-state index contributed by atoms with van der Waals surface area (Å²) in [6.45, 7) is 6.37. The van der Waals surface area contributed by atoms with Crippen LogP contribution in [0.15, 0.2) is 0 Å². The summed E-state index contributed by atoms with van der Waals surface area (Å²) in [4.78, 5) is 11.5. The highest BCUT2D eigenvalue weighted by Crippen LogP contribution is 2.39. The Bertz CT molecular complexity index is 472. The molecule has 0 bridgehead atoms. The average molecular weight is 313 g/mol. The van der Waals surface area contributed by atoms with Gasteiger partial charge in [0.2, 0.25) is 0 Å². The molecule has 110 valence electrons. The van der Waals surface area contributed by atoms with Gasteiger partial charge in [-0.2, -0.15) is 11.8 Å². The molecule has 1 aromatic heterocycles. The van der Waals surface area contributed by atoms with Crippen molar-refractivity contribution in [3.8, 4) is 0 Å². The standard InChI is InChI=1S/C14H21ClN4S/c1-10-12(15)17-14(11-2-3-11)18-13(10)16-4-5-19-6-8-20-9-7-19/h11H,2-9H2,1H3,(H,16,17,18). The first kappa shape index (κ1) is 14.4. The Hall–Kier alpha value is -0.520. The van der Waals surface area contributed by atoms with Gasteiger partial charge in [0.15, 0.2) is 0 Å². The lowest BCUT2D eigenvalue weighted by molar-refractivity contribution is 0.314. The highest BCUT2D eigenvalue weighted by atomic mass is 35.5. The van der Waals surface area contributed by atoms with Crippen molar-refractivity contribution >= 4 is 29.2 Å². The molecule has 1 aliphatic heterocycles. The van der Waals surface area contributed by atoms with Crippen LogP contribution in [-0.4, -0.2) is 52.6 Å². The summed E-state index contributed by atoms with van der Waals surface area (Å²) in [6.07, 6.45) is 2.40. The topological polar surface area (TPSA) is 41.1 Å². The lowest BCUT2D eigenvalue weighted by Gasteiger charge is -2.26. The quantitative estimate of drug-likeness (QED) is 0.847. The fourth-order valence-corrected chi connectivity index (χ4v) is 3.51. The Kier molecular flexibility index (Phi) is 4.68. The van der Waals surface area contributed by atoms with Gasteiger partial charge in [0.05, 0.1) is 0 Å². The predicted molar refractivity (Wildman–Crippen MR) is 86.0 cm³/mol. The lowest BCUT2D eigenvalue weighted by Crippen LogP contribution is -2.36. The number of hydrogen-bond donors (Lipinski definition) is 1. The highest BCUT2D eigenvalue weighted by Gasteiger charge is 2.28. The van der Waals surface area contributed by atoms with Crippen molar-refractivity contribution < 1.29 is 0 Å². The minimum atomic E-state index is 0.535. The van der Waals surface area contributed by atoms with E-state index in [2.05, 4.69) is 20.2 Å². The zero-order valence-electron chi connectivity index (χ0n) is 11.9. The van der Waals surface area contributed by atoms with Crippen LogP contribution in [0.2, 0.25) is 5.15 Å². The Morgan fingerprint density at radius 3 is 2.75 bits per heavy atom. The van der Waals surface area contributed by atoms with Crippen LogP contribution in [0.25, 0.3) is 0 Å². The maximum atomic E-state index is 6.21. The SMILES string of the molecule is Cc1c(Cl)nc(C2CC2)nc1NCCN1CCSCC1. The Balaban J connectivity index is 1.58. The minimum Gasteiger partial charge on any atom is -0.368 e. The fraction of sp³-hybridized carbons (Fsp3) is 0.714. The molecule has 1 N–H and O–H groups in total. The minimum absolute atomic E-state index is 0.535. The number of thioether (sulfide) groups is 1. The van der Waals surface area contributed by atoms with Crippen LogP contribution >= 0.6 is 23.4 Å². The highest BCUT2D eigenvalue weighted by molar-refractivity contribution is 7.99. The van der Waals surface area contributed by atoms with Crippen molar-refractivity contribution in [2.24, 2.45) is 0 Å². The Morgan fingerprint density at radius 1 is 1.30 bits per heavy atom. The monoisotopic (exact) mass is 312 g/mol. The van der Waals surface area contributed by atoms with Gasteiger partial charge in [0, 0.05) is 49.2 Å². The third-order valence-corrected chi connectivity index (χ3v) is 5.18. The van der Waals surface area contributed by atoms with E-state index in [0.717, 1.165) is 30.3 Å². The Morgan fingerprint density at radius 2 is 2.05 bits per heavy atom. The van der Waals surface area contributed by atoms with Crippen molar-refractivity contribution in [2.75, 3.05) is 43.0 Å². The number of aromatic nitrogens is 2. The Labute approximate surface area is 129 Å². The molecule has 1 saturated heterocycles. The molecule has 2 fully saturated rings. The molecule has 1 aromatic rings. The summed E-state index contributed by atoms with van der Waals surface area (Å²) in [6, 6.07) is 0. The molecule has 3 rings (SSSR count). The van der Waals surface area contributed by atoms with Crippen LogP contribution in [0.5, 0.6) is 0 Å².